The molecular formula is C5H7N3OS2. The standard InChI is InChI=1S/C5H7N3OS2/c1-3(9)2-11-5-6-4(10)7-8-5/h5H,2H2,1H3,(H,6,10). The molecule has 0 saturated heterocycles. The Morgan fingerprint density at radius 3 is 3.09 bits per heavy atom. The molecule has 0 saturated carbocycles. The molecule has 11 heavy (non-hydrogen) atoms. The lowest BCUT2D eigenvalue weighted by Crippen LogP contribution is -2.22. The van der Waals surface area contributed by atoms with E-state index in [2.05, 4.69) is 15.5 Å². The van der Waals surface area contributed by atoms with Gasteiger partial charge < -0.3 is 5.32 Å². The smallest absolute Gasteiger partial charge is 0.215 e. The van der Waals surface area contributed by atoms with E-state index in [-0.39, 0.29) is 11.3 Å². The molecule has 0 aromatic carbocycles. The molecule has 0 amide bonds. The van der Waals surface area contributed by atoms with Crippen molar-refractivity contribution in [2.75, 3.05) is 5.75 Å². The Kier molecular flexibility index (Phi) is 2.95. The summed E-state index contributed by atoms with van der Waals surface area (Å²) in [7, 11) is 0. The zero-order chi connectivity index (χ0) is 8.27. The normalized spacial score (nSPS) is 21.9. The molecule has 4 nitrogen and oxygen atoms in total. The van der Waals surface area contributed by atoms with Crippen LogP contribution in [0.5, 0.6) is 0 Å². The van der Waals surface area contributed by atoms with Crippen molar-refractivity contribution in [1.29, 1.82) is 0 Å². The molecule has 1 rings (SSSR count). The van der Waals surface area contributed by atoms with Crippen molar-refractivity contribution in [2.45, 2.75) is 12.4 Å². The predicted octanol–water partition coefficient (Wildman–Crippen LogP) is 0.933. The van der Waals surface area contributed by atoms with Crippen LogP contribution < -0.4 is 5.32 Å². The number of carbonyl (C=O) groups is 1. The number of azo groups is 1. The second-order valence-corrected chi connectivity index (χ2v) is 3.49. The minimum atomic E-state index is -0.161. The average Bonchev–Trinajstić information content (AvgIpc) is 2.31. The Balaban J connectivity index is 2.24. The number of rotatable bonds is 3. The summed E-state index contributed by atoms with van der Waals surface area (Å²) in [5, 5.41) is 10.6. The van der Waals surface area contributed by atoms with Gasteiger partial charge in [-0.25, -0.2) is 0 Å². The van der Waals surface area contributed by atoms with Crippen molar-refractivity contribution in [3.05, 3.63) is 0 Å². The molecule has 0 aliphatic carbocycles. The molecule has 0 spiro atoms. The molecule has 1 unspecified atom stereocenters. The van der Waals surface area contributed by atoms with Crippen LogP contribution in [0.2, 0.25) is 0 Å². The summed E-state index contributed by atoms with van der Waals surface area (Å²) in [5.41, 5.74) is -0.161. The summed E-state index contributed by atoms with van der Waals surface area (Å²) in [6.07, 6.45) is 0. The van der Waals surface area contributed by atoms with Crippen LogP contribution in [0.3, 0.4) is 0 Å². The highest BCUT2D eigenvalue weighted by molar-refractivity contribution is 8.00. The van der Waals surface area contributed by atoms with Gasteiger partial charge in [0.15, 0.2) is 5.50 Å². The molecule has 0 radical (unpaired) electrons. The van der Waals surface area contributed by atoms with E-state index in [9.17, 15) is 4.79 Å². The molecule has 0 aromatic heterocycles. The fourth-order valence-corrected chi connectivity index (χ4v) is 1.47. The quantitative estimate of drug-likeness (QED) is 0.671. The van der Waals surface area contributed by atoms with Crippen LogP contribution in [0.1, 0.15) is 6.92 Å². The average molecular weight is 189 g/mol. The Labute approximate surface area is 73.8 Å². The maximum atomic E-state index is 10.5. The number of nitrogens with one attached hydrogen (secondary N) is 1. The molecule has 1 heterocycles. The lowest BCUT2D eigenvalue weighted by molar-refractivity contribution is -0.114. The van der Waals surface area contributed by atoms with Gasteiger partial charge in [-0.1, -0.05) is 0 Å². The molecule has 1 aliphatic rings. The van der Waals surface area contributed by atoms with Crippen LogP contribution in [0.15, 0.2) is 10.2 Å². The molecule has 0 bridgehead atoms. The predicted molar refractivity (Wildman–Crippen MR) is 47.5 cm³/mol. The zero-order valence-electron chi connectivity index (χ0n) is 5.90. The van der Waals surface area contributed by atoms with Gasteiger partial charge in [0.2, 0.25) is 5.11 Å². The van der Waals surface area contributed by atoms with Crippen LogP contribution in [-0.2, 0) is 4.79 Å². The van der Waals surface area contributed by atoms with Crippen LogP contribution in [-0.4, -0.2) is 22.1 Å². The minimum Gasteiger partial charge on any atom is -0.328 e. The topological polar surface area (TPSA) is 53.8 Å². The molecule has 0 fully saturated rings. The highest BCUT2D eigenvalue weighted by atomic mass is 32.2. The van der Waals surface area contributed by atoms with E-state index >= 15 is 0 Å². The lowest BCUT2D eigenvalue weighted by atomic mass is 10.5. The third-order valence-electron chi connectivity index (χ3n) is 0.945. The van der Waals surface area contributed by atoms with Gasteiger partial charge in [-0.3, -0.25) is 4.79 Å². The summed E-state index contributed by atoms with van der Waals surface area (Å²) in [4.78, 5) is 10.5. The monoisotopic (exact) mass is 189 g/mol. The fraction of sp³-hybridized carbons (Fsp3) is 0.600. The summed E-state index contributed by atoms with van der Waals surface area (Å²) < 4.78 is 0. The van der Waals surface area contributed by atoms with E-state index in [1.165, 1.54) is 18.7 Å². The first-order valence-corrected chi connectivity index (χ1v) is 4.46. The number of hydrogen-bond donors (Lipinski definition) is 1. The summed E-state index contributed by atoms with van der Waals surface area (Å²) in [6, 6.07) is 0. The molecule has 1 atom stereocenters. The Hall–Kier alpha value is -0.490. The summed E-state index contributed by atoms with van der Waals surface area (Å²) >= 11 is 6.09. The second-order valence-electron chi connectivity index (χ2n) is 2.03. The number of thioether (sulfide) groups is 1. The molecule has 1 N–H and O–H groups in total. The van der Waals surface area contributed by atoms with Crippen LogP contribution in [0.4, 0.5) is 0 Å². The molecular weight excluding hydrogens is 182 g/mol. The number of hydrogen-bond acceptors (Lipinski definition) is 4. The van der Waals surface area contributed by atoms with Crippen LogP contribution in [0, 0.1) is 0 Å². The Bertz CT molecular complexity index is 216. The molecule has 60 valence electrons. The van der Waals surface area contributed by atoms with Gasteiger partial charge >= 0.3 is 0 Å². The largest absolute Gasteiger partial charge is 0.328 e. The number of nitrogens with zero attached hydrogens (tertiary/aromatic N) is 2. The van der Waals surface area contributed by atoms with E-state index in [4.69, 9.17) is 12.2 Å². The molecule has 0 aromatic rings. The first-order chi connectivity index (χ1) is 5.18. The van der Waals surface area contributed by atoms with Crippen molar-refractivity contribution in [1.82, 2.24) is 5.32 Å². The Morgan fingerprint density at radius 1 is 1.91 bits per heavy atom. The number of carbonyl (C=O) groups excluding carboxylic acids is 1. The van der Waals surface area contributed by atoms with Gasteiger partial charge in [0.1, 0.15) is 5.78 Å². The Morgan fingerprint density at radius 2 is 2.64 bits per heavy atom. The summed E-state index contributed by atoms with van der Waals surface area (Å²) in [6.45, 7) is 1.54. The fourth-order valence-electron chi connectivity index (χ4n) is 0.540. The maximum absolute atomic E-state index is 10.5. The molecule has 6 heteroatoms. The number of Topliss-reactive ketones (excluding diaryl/α,β-unsaturated/α-hetero) is 1. The van der Waals surface area contributed by atoms with E-state index in [1.54, 1.807) is 0 Å². The van der Waals surface area contributed by atoms with E-state index in [1.807, 2.05) is 0 Å². The van der Waals surface area contributed by atoms with Gasteiger partial charge in [0.05, 0.1) is 5.75 Å². The van der Waals surface area contributed by atoms with Crippen LogP contribution >= 0.6 is 24.0 Å². The highest BCUT2D eigenvalue weighted by Gasteiger charge is 2.14. The first kappa shape index (κ1) is 8.61. The third-order valence-corrected chi connectivity index (χ3v) is 2.25. The van der Waals surface area contributed by atoms with E-state index in [0.717, 1.165) is 0 Å². The van der Waals surface area contributed by atoms with Crippen molar-refractivity contribution >= 4 is 34.9 Å². The SMILES string of the molecule is CC(=O)CSC1N=NC(=S)N1. The van der Waals surface area contributed by atoms with Gasteiger partial charge in [-0.2, -0.15) is 0 Å². The maximum Gasteiger partial charge on any atom is 0.215 e. The first-order valence-electron chi connectivity index (χ1n) is 3.01. The van der Waals surface area contributed by atoms with Gasteiger partial charge in [-0.05, 0) is 19.1 Å². The van der Waals surface area contributed by atoms with Crippen molar-refractivity contribution < 1.29 is 4.79 Å². The lowest BCUT2D eigenvalue weighted by Gasteiger charge is -2.02. The zero-order valence-corrected chi connectivity index (χ0v) is 7.54. The molecule has 1 aliphatic heterocycles. The van der Waals surface area contributed by atoms with Gasteiger partial charge in [0.25, 0.3) is 0 Å². The van der Waals surface area contributed by atoms with Crippen molar-refractivity contribution in [2.24, 2.45) is 10.2 Å². The minimum absolute atomic E-state index is 0.129. The van der Waals surface area contributed by atoms with Gasteiger partial charge in [-0.15, -0.1) is 22.0 Å². The number of thiocarbonyl (C=S) groups is 1. The highest BCUT2D eigenvalue weighted by Crippen LogP contribution is 2.13. The van der Waals surface area contributed by atoms with E-state index < -0.39 is 0 Å². The third kappa shape index (κ3) is 2.94. The van der Waals surface area contributed by atoms with Crippen molar-refractivity contribution in [3.8, 4) is 0 Å². The summed E-state index contributed by atoms with van der Waals surface area (Å²) in [5.74, 6) is 0.573. The van der Waals surface area contributed by atoms with Gasteiger partial charge in [0, 0.05) is 0 Å². The van der Waals surface area contributed by atoms with Crippen molar-refractivity contribution in [3.63, 3.8) is 0 Å². The van der Waals surface area contributed by atoms with E-state index in [0.29, 0.717) is 10.9 Å². The second kappa shape index (κ2) is 3.77. The number of ketones is 1. The van der Waals surface area contributed by atoms with Crippen LogP contribution in [0.25, 0.3) is 0 Å².